The number of nitrogens with zero attached hydrogens (tertiary/aromatic N) is 1. The van der Waals surface area contributed by atoms with Gasteiger partial charge in [0.05, 0.1) is 30.4 Å². The van der Waals surface area contributed by atoms with Gasteiger partial charge in [-0.25, -0.2) is 0 Å². The predicted molar refractivity (Wildman–Crippen MR) is 95.1 cm³/mol. The average Bonchev–Trinajstić information content (AvgIpc) is 2.94. The van der Waals surface area contributed by atoms with E-state index in [2.05, 4.69) is 5.92 Å². The second-order valence-corrected chi connectivity index (χ2v) is 7.16. The summed E-state index contributed by atoms with van der Waals surface area (Å²) < 4.78 is 0. The van der Waals surface area contributed by atoms with E-state index in [9.17, 15) is 14.7 Å². The van der Waals surface area contributed by atoms with Crippen molar-refractivity contribution in [1.82, 2.24) is 4.90 Å². The van der Waals surface area contributed by atoms with Crippen molar-refractivity contribution in [2.24, 2.45) is 11.8 Å². The lowest BCUT2D eigenvalue weighted by Gasteiger charge is -2.51. The van der Waals surface area contributed by atoms with Gasteiger partial charge in [0.1, 0.15) is 0 Å². The number of carbonyl (C=O) groups is 2. The molecule has 0 radical (unpaired) electrons. The van der Waals surface area contributed by atoms with Crippen LogP contribution < -0.4 is 0 Å². The number of carbonyl (C=O) groups excluding carboxylic acids is 2. The van der Waals surface area contributed by atoms with Crippen molar-refractivity contribution in [3.8, 4) is 12.3 Å². The molecule has 1 saturated heterocycles. The smallest absolute Gasteiger partial charge is 0.235 e. The van der Waals surface area contributed by atoms with E-state index in [1.165, 1.54) is 4.90 Å². The van der Waals surface area contributed by atoms with Crippen LogP contribution >= 0.6 is 0 Å². The fraction of sp³-hybridized carbons (Fsp3) is 0.273. The number of benzene rings is 2. The zero-order valence-corrected chi connectivity index (χ0v) is 14.1. The first-order valence-corrected chi connectivity index (χ1v) is 8.79. The van der Waals surface area contributed by atoms with Gasteiger partial charge in [-0.2, -0.15) is 0 Å². The van der Waals surface area contributed by atoms with Gasteiger partial charge in [-0.15, -0.1) is 6.42 Å². The van der Waals surface area contributed by atoms with E-state index in [0.29, 0.717) is 0 Å². The quantitative estimate of drug-likeness (QED) is 0.666. The Hall–Kier alpha value is -2.90. The van der Waals surface area contributed by atoms with Gasteiger partial charge in [0.2, 0.25) is 11.8 Å². The summed E-state index contributed by atoms with van der Waals surface area (Å²) in [6.45, 7) is -0.227. The van der Waals surface area contributed by atoms with Crippen molar-refractivity contribution in [3.63, 3.8) is 0 Å². The molecule has 26 heavy (non-hydrogen) atoms. The SMILES string of the molecule is C#CC12c3ccccc3C(c3ccccc31)C1C(=O)N(CCO)C(=O)C12. The molecule has 2 aromatic rings. The van der Waals surface area contributed by atoms with Gasteiger partial charge in [0.25, 0.3) is 0 Å². The zero-order chi connectivity index (χ0) is 18.1. The second kappa shape index (κ2) is 5.06. The maximum absolute atomic E-state index is 13.2. The van der Waals surface area contributed by atoms with Crippen molar-refractivity contribution in [2.45, 2.75) is 11.3 Å². The third-order valence-corrected chi connectivity index (χ3v) is 6.26. The van der Waals surface area contributed by atoms with Gasteiger partial charge < -0.3 is 5.11 Å². The predicted octanol–water partition coefficient (Wildman–Crippen LogP) is 1.66. The van der Waals surface area contributed by atoms with E-state index in [1.807, 2.05) is 48.5 Å². The van der Waals surface area contributed by atoms with Gasteiger partial charge in [-0.3, -0.25) is 14.5 Å². The third kappa shape index (κ3) is 1.51. The van der Waals surface area contributed by atoms with E-state index >= 15 is 0 Å². The molecule has 2 amide bonds. The Labute approximate surface area is 151 Å². The standard InChI is InChI=1S/C22H17NO3/c1-2-22-15-9-5-3-7-13(15)17(14-8-4-6-10-16(14)22)18-19(22)21(26)23(11-12-24)20(18)25/h1,3-10,17-19,24H,11-12H2. The van der Waals surface area contributed by atoms with Crippen LogP contribution in [0.4, 0.5) is 0 Å². The summed E-state index contributed by atoms with van der Waals surface area (Å²) in [6, 6.07) is 15.8. The van der Waals surface area contributed by atoms with Gasteiger partial charge >= 0.3 is 0 Å². The van der Waals surface area contributed by atoms with Crippen LogP contribution in [0.5, 0.6) is 0 Å². The largest absolute Gasteiger partial charge is 0.395 e. The molecule has 0 aromatic heterocycles. The zero-order valence-electron chi connectivity index (χ0n) is 14.1. The molecule has 3 aliphatic carbocycles. The molecule has 4 aliphatic rings. The summed E-state index contributed by atoms with van der Waals surface area (Å²) in [5.41, 5.74) is 3.05. The lowest BCUT2D eigenvalue weighted by Crippen LogP contribution is -2.52. The lowest BCUT2D eigenvalue weighted by atomic mass is 9.47. The fourth-order valence-electron chi connectivity index (χ4n) is 5.40. The summed E-state index contributed by atoms with van der Waals surface area (Å²) in [5, 5.41) is 9.33. The average molecular weight is 343 g/mol. The first-order valence-electron chi connectivity index (χ1n) is 8.79. The van der Waals surface area contributed by atoms with Crippen LogP contribution in [0, 0.1) is 24.2 Å². The maximum atomic E-state index is 13.2. The third-order valence-electron chi connectivity index (χ3n) is 6.26. The Kier molecular flexibility index (Phi) is 2.99. The first-order chi connectivity index (χ1) is 12.7. The van der Waals surface area contributed by atoms with E-state index in [-0.39, 0.29) is 30.9 Å². The molecule has 4 nitrogen and oxygen atoms in total. The summed E-state index contributed by atoms with van der Waals surface area (Å²) >= 11 is 0. The minimum Gasteiger partial charge on any atom is -0.395 e. The Balaban J connectivity index is 1.87. The Morgan fingerprint density at radius 2 is 1.58 bits per heavy atom. The van der Waals surface area contributed by atoms with Crippen LogP contribution in [0.1, 0.15) is 28.2 Å². The highest BCUT2D eigenvalue weighted by Crippen LogP contribution is 2.63. The fourth-order valence-corrected chi connectivity index (χ4v) is 5.40. The highest BCUT2D eigenvalue weighted by molar-refractivity contribution is 6.08. The molecular weight excluding hydrogens is 326 g/mol. The molecule has 0 saturated carbocycles. The Morgan fingerprint density at radius 1 is 1.00 bits per heavy atom. The van der Waals surface area contributed by atoms with Crippen molar-refractivity contribution in [3.05, 3.63) is 70.8 Å². The number of aliphatic hydroxyl groups excluding tert-OH is 1. The van der Waals surface area contributed by atoms with Gasteiger partial charge in [-0.1, -0.05) is 54.5 Å². The number of imide groups is 1. The minimum atomic E-state index is -0.941. The van der Waals surface area contributed by atoms with Crippen molar-refractivity contribution in [2.75, 3.05) is 13.2 Å². The highest BCUT2D eigenvalue weighted by atomic mass is 16.3. The summed E-state index contributed by atoms with van der Waals surface area (Å²) in [6.07, 6.45) is 6.10. The minimum absolute atomic E-state index is 0.0186. The molecule has 4 heteroatoms. The van der Waals surface area contributed by atoms with Crippen LogP contribution in [0.15, 0.2) is 48.5 Å². The van der Waals surface area contributed by atoms with Gasteiger partial charge in [0.15, 0.2) is 0 Å². The molecule has 2 atom stereocenters. The topological polar surface area (TPSA) is 57.6 Å². The van der Waals surface area contributed by atoms with E-state index in [4.69, 9.17) is 6.42 Å². The number of β-amino-alcohol motifs (C(OH)–C–C–N with tert-alkyl or cyclic N) is 1. The number of hydrogen-bond donors (Lipinski definition) is 1. The van der Waals surface area contributed by atoms with E-state index in [1.54, 1.807) is 0 Å². The van der Waals surface area contributed by atoms with Crippen LogP contribution in [0.25, 0.3) is 0 Å². The Bertz CT molecular complexity index is 955. The first kappa shape index (κ1) is 15.4. The van der Waals surface area contributed by atoms with Gasteiger partial charge in [-0.05, 0) is 22.3 Å². The number of hydrogen-bond acceptors (Lipinski definition) is 3. The highest BCUT2D eigenvalue weighted by Gasteiger charge is 2.67. The second-order valence-electron chi connectivity index (χ2n) is 7.16. The number of rotatable bonds is 2. The van der Waals surface area contributed by atoms with Crippen molar-refractivity contribution in [1.29, 1.82) is 0 Å². The summed E-state index contributed by atoms with van der Waals surface area (Å²) in [5.74, 6) is 1.16. The monoisotopic (exact) mass is 343 g/mol. The summed E-state index contributed by atoms with van der Waals surface area (Å²) in [7, 11) is 0. The van der Waals surface area contributed by atoms with Gasteiger partial charge in [0, 0.05) is 5.92 Å². The molecule has 1 aliphatic heterocycles. The van der Waals surface area contributed by atoms with Crippen LogP contribution in [0.3, 0.4) is 0 Å². The molecule has 1 fully saturated rings. The lowest BCUT2D eigenvalue weighted by molar-refractivity contribution is -0.140. The van der Waals surface area contributed by atoms with Crippen molar-refractivity contribution < 1.29 is 14.7 Å². The van der Waals surface area contributed by atoms with Crippen LogP contribution in [-0.4, -0.2) is 35.0 Å². The van der Waals surface area contributed by atoms with Crippen LogP contribution in [0.2, 0.25) is 0 Å². The molecule has 6 rings (SSSR count). The molecule has 2 unspecified atom stereocenters. The van der Waals surface area contributed by atoms with Crippen molar-refractivity contribution >= 4 is 11.8 Å². The molecule has 1 N–H and O–H groups in total. The molecule has 128 valence electrons. The molecule has 2 bridgehead atoms. The number of amides is 2. The van der Waals surface area contributed by atoms with E-state index < -0.39 is 17.3 Å². The maximum Gasteiger partial charge on any atom is 0.235 e. The molecular formula is C22H17NO3. The summed E-state index contributed by atoms with van der Waals surface area (Å²) in [4.78, 5) is 27.5. The molecule has 2 aromatic carbocycles. The number of terminal acetylenes is 1. The number of likely N-dealkylation sites (tertiary alicyclic amines) is 1. The Morgan fingerprint density at radius 3 is 2.12 bits per heavy atom. The number of aliphatic hydroxyl groups is 1. The van der Waals surface area contributed by atoms with Crippen LogP contribution in [-0.2, 0) is 15.0 Å². The molecule has 1 heterocycles. The molecule has 0 spiro atoms. The van der Waals surface area contributed by atoms with E-state index in [0.717, 1.165) is 22.3 Å². The normalized spacial score (nSPS) is 30.6.